The summed E-state index contributed by atoms with van der Waals surface area (Å²) in [5, 5.41) is 21.6. The van der Waals surface area contributed by atoms with Gasteiger partial charge in [0.15, 0.2) is 5.02 Å². The number of carbonyl (C=O) groups excluding carboxylic acids is 1. The Morgan fingerprint density at radius 2 is 1.68 bits per heavy atom. The van der Waals surface area contributed by atoms with Gasteiger partial charge in [-0.1, -0.05) is 23.7 Å². The van der Waals surface area contributed by atoms with Gasteiger partial charge in [-0.3, -0.25) is 29.6 Å². The van der Waals surface area contributed by atoms with Crippen molar-refractivity contribution in [3.63, 3.8) is 0 Å². The smallest absolute Gasteiger partial charge is 0.268 e. The van der Waals surface area contributed by atoms with E-state index in [-0.39, 0.29) is 5.56 Å². The van der Waals surface area contributed by atoms with Gasteiger partial charge < -0.3 is 0 Å². The number of nitro groups is 2. The third-order valence-electron chi connectivity index (χ3n) is 3.61. The van der Waals surface area contributed by atoms with E-state index in [0.717, 1.165) is 12.1 Å². The van der Waals surface area contributed by atoms with Crippen LogP contribution in [0.25, 0.3) is 11.0 Å². The number of hydrogen-bond acceptors (Lipinski definition) is 6. The number of hydrogen-bond donors (Lipinski definition) is 0. The summed E-state index contributed by atoms with van der Waals surface area (Å²) in [7, 11) is 0. The molecule has 10 heteroatoms. The summed E-state index contributed by atoms with van der Waals surface area (Å²) < 4.78 is 1.24. The molecule has 0 radical (unpaired) electrons. The van der Waals surface area contributed by atoms with Crippen molar-refractivity contribution in [2.75, 3.05) is 0 Å². The highest BCUT2D eigenvalue weighted by atomic mass is 35.5. The number of benzene rings is 2. The van der Waals surface area contributed by atoms with Crippen molar-refractivity contribution in [3.05, 3.63) is 73.0 Å². The van der Waals surface area contributed by atoms with Crippen LogP contribution in [-0.4, -0.2) is 25.3 Å². The van der Waals surface area contributed by atoms with E-state index in [0.29, 0.717) is 16.9 Å². The van der Waals surface area contributed by atoms with Gasteiger partial charge in [-0.15, -0.1) is 0 Å². The Morgan fingerprint density at radius 1 is 1.12 bits per heavy atom. The van der Waals surface area contributed by atoms with Gasteiger partial charge in [0.25, 0.3) is 17.3 Å². The molecule has 3 rings (SSSR count). The third-order valence-corrected chi connectivity index (χ3v) is 3.99. The zero-order valence-electron chi connectivity index (χ0n) is 12.7. The first kappa shape index (κ1) is 16.5. The van der Waals surface area contributed by atoms with Crippen LogP contribution in [0.5, 0.6) is 0 Å². The molecule has 0 fully saturated rings. The Balaban J connectivity index is 2.25. The van der Waals surface area contributed by atoms with Crippen molar-refractivity contribution in [2.45, 2.75) is 6.92 Å². The molecule has 1 aromatic heterocycles. The fourth-order valence-corrected chi connectivity index (χ4v) is 2.76. The monoisotopic (exact) mass is 360 g/mol. The van der Waals surface area contributed by atoms with Crippen molar-refractivity contribution in [2.24, 2.45) is 0 Å². The number of rotatable bonds is 3. The Bertz CT molecular complexity index is 1020. The number of carbonyl (C=O) groups is 1. The van der Waals surface area contributed by atoms with Gasteiger partial charge in [-0.2, -0.15) is 0 Å². The number of aromatic nitrogens is 2. The fourth-order valence-electron chi connectivity index (χ4n) is 2.52. The summed E-state index contributed by atoms with van der Waals surface area (Å²) in [4.78, 5) is 37.5. The molecule has 0 spiro atoms. The van der Waals surface area contributed by atoms with Crippen molar-refractivity contribution in [1.82, 2.24) is 9.55 Å². The molecule has 0 atom stereocenters. The second kappa shape index (κ2) is 5.95. The number of nitrogens with zero attached hydrogens (tertiary/aromatic N) is 4. The summed E-state index contributed by atoms with van der Waals surface area (Å²) in [5.41, 5.74) is -0.590. The van der Waals surface area contributed by atoms with E-state index in [1.165, 1.54) is 4.57 Å². The highest BCUT2D eigenvalue weighted by Crippen LogP contribution is 2.35. The normalized spacial score (nSPS) is 10.8. The van der Waals surface area contributed by atoms with Crippen LogP contribution in [-0.2, 0) is 0 Å². The van der Waals surface area contributed by atoms with Crippen LogP contribution in [0.1, 0.15) is 16.2 Å². The Hall–Kier alpha value is -3.33. The van der Waals surface area contributed by atoms with Crippen molar-refractivity contribution >= 4 is 39.9 Å². The van der Waals surface area contributed by atoms with Crippen LogP contribution < -0.4 is 0 Å². The molecule has 0 bridgehead atoms. The first-order valence-electron chi connectivity index (χ1n) is 6.92. The van der Waals surface area contributed by atoms with Crippen LogP contribution in [0.3, 0.4) is 0 Å². The molecule has 2 aromatic carbocycles. The minimum absolute atomic E-state index is 0.228. The van der Waals surface area contributed by atoms with Crippen LogP contribution in [0.2, 0.25) is 5.02 Å². The van der Waals surface area contributed by atoms with E-state index in [1.807, 2.05) is 0 Å². The molecule has 0 N–H and O–H groups in total. The first-order valence-corrected chi connectivity index (χ1v) is 7.30. The maximum atomic E-state index is 12.8. The minimum Gasteiger partial charge on any atom is -0.268 e. The average Bonchev–Trinajstić information content (AvgIpc) is 2.89. The number of nitro benzene ring substituents is 2. The first-order chi connectivity index (χ1) is 11.8. The van der Waals surface area contributed by atoms with Gasteiger partial charge in [0.2, 0.25) is 0 Å². The zero-order chi connectivity index (χ0) is 18.3. The summed E-state index contributed by atoms with van der Waals surface area (Å²) in [6.07, 6.45) is 0. The topological polar surface area (TPSA) is 121 Å². The highest BCUT2D eigenvalue weighted by molar-refractivity contribution is 6.35. The van der Waals surface area contributed by atoms with E-state index in [9.17, 15) is 25.0 Å². The van der Waals surface area contributed by atoms with E-state index in [1.54, 1.807) is 31.2 Å². The van der Waals surface area contributed by atoms with Crippen molar-refractivity contribution < 1.29 is 14.6 Å². The SMILES string of the molecule is Cc1nc2ccccc2n1C(=O)c1cc([N+](=O)[O-])c(Cl)c([N+](=O)[O-])c1. The Kier molecular flexibility index (Phi) is 3.93. The molecule has 0 aliphatic heterocycles. The van der Waals surface area contributed by atoms with Gasteiger partial charge in [-0.25, -0.2) is 4.98 Å². The number of aryl methyl sites for hydroxylation is 1. The van der Waals surface area contributed by atoms with Gasteiger partial charge >= 0.3 is 0 Å². The van der Waals surface area contributed by atoms with Gasteiger partial charge in [0, 0.05) is 12.1 Å². The van der Waals surface area contributed by atoms with Crippen LogP contribution >= 0.6 is 11.6 Å². The lowest BCUT2D eigenvalue weighted by molar-refractivity contribution is -0.393. The lowest BCUT2D eigenvalue weighted by atomic mass is 10.1. The predicted molar refractivity (Wildman–Crippen MR) is 89.0 cm³/mol. The van der Waals surface area contributed by atoms with Crippen molar-refractivity contribution in [1.29, 1.82) is 0 Å². The lowest BCUT2D eigenvalue weighted by Gasteiger charge is -2.06. The molecule has 0 amide bonds. The largest absolute Gasteiger partial charge is 0.295 e. The zero-order valence-corrected chi connectivity index (χ0v) is 13.4. The number of para-hydroxylation sites is 2. The standard InChI is InChI=1S/C15H9ClN4O5/c1-8-17-10-4-2-3-5-11(10)18(8)15(21)9-6-12(19(22)23)14(16)13(7-9)20(24)25/h2-7H,1H3. The number of halogens is 1. The molecule has 9 nitrogen and oxygen atoms in total. The summed E-state index contributed by atoms with van der Waals surface area (Å²) in [6, 6.07) is 8.67. The van der Waals surface area contributed by atoms with E-state index in [4.69, 9.17) is 11.6 Å². The predicted octanol–water partition coefficient (Wildman–Crippen LogP) is 3.50. The van der Waals surface area contributed by atoms with Crippen LogP contribution in [0.15, 0.2) is 36.4 Å². The molecule has 0 saturated carbocycles. The lowest BCUT2D eigenvalue weighted by Crippen LogP contribution is -2.14. The maximum absolute atomic E-state index is 12.8. The van der Waals surface area contributed by atoms with E-state index in [2.05, 4.69) is 4.98 Å². The second-order valence-electron chi connectivity index (χ2n) is 5.13. The minimum atomic E-state index is -0.870. The second-order valence-corrected chi connectivity index (χ2v) is 5.51. The fraction of sp³-hybridized carbons (Fsp3) is 0.0667. The molecule has 25 heavy (non-hydrogen) atoms. The molecule has 1 heterocycles. The quantitative estimate of drug-likeness (QED) is 0.520. The average molecular weight is 361 g/mol. The summed E-state index contributed by atoms with van der Waals surface area (Å²) in [6.45, 7) is 1.59. The van der Waals surface area contributed by atoms with Crippen LogP contribution in [0.4, 0.5) is 11.4 Å². The number of fused-ring (bicyclic) bond motifs is 1. The van der Waals surface area contributed by atoms with Gasteiger partial charge in [-0.05, 0) is 19.1 Å². The highest BCUT2D eigenvalue weighted by Gasteiger charge is 2.28. The summed E-state index contributed by atoms with van der Waals surface area (Å²) >= 11 is 5.71. The molecular weight excluding hydrogens is 352 g/mol. The molecule has 3 aromatic rings. The van der Waals surface area contributed by atoms with Gasteiger partial charge in [0.1, 0.15) is 5.82 Å². The maximum Gasteiger partial charge on any atom is 0.295 e. The summed E-state index contributed by atoms with van der Waals surface area (Å²) in [5.74, 6) is -0.319. The van der Waals surface area contributed by atoms with E-state index < -0.39 is 32.2 Å². The van der Waals surface area contributed by atoms with Crippen LogP contribution in [0, 0.1) is 27.2 Å². The number of imidazole rings is 1. The molecule has 0 unspecified atom stereocenters. The Labute approximate surface area is 144 Å². The van der Waals surface area contributed by atoms with E-state index >= 15 is 0 Å². The molecule has 0 aliphatic rings. The molecule has 0 aliphatic carbocycles. The molecule has 126 valence electrons. The Morgan fingerprint density at radius 3 is 2.24 bits per heavy atom. The van der Waals surface area contributed by atoms with Crippen molar-refractivity contribution in [3.8, 4) is 0 Å². The molecule has 0 saturated heterocycles. The third kappa shape index (κ3) is 2.70. The van der Waals surface area contributed by atoms with Gasteiger partial charge in [0.05, 0.1) is 26.4 Å². The molecular formula is C15H9ClN4O5.